The molecule has 0 fully saturated rings. The maximum Gasteiger partial charge on any atom is 0.271 e. The Morgan fingerprint density at radius 1 is 1.28 bits per heavy atom. The second-order valence-electron chi connectivity index (χ2n) is 5.06. The van der Waals surface area contributed by atoms with Crippen molar-refractivity contribution in [3.8, 4) is 5.69 Å². The van der Waals surface area contributed by atoms with Crippen molar-refractivity contribution in [2.24, 2.45) is 0 Å². The molecule has 2 N–H and O–H groups in total. The molecule has 0 aliphatic rings. The maximum absolute atomic E-state index is 12.2. The van der Waals surface area contributed by atoms with Gasteiger partial charge in [-0.2, -0.15) is 5.10 Å². The van der Waals surface area contributed by atoms with Gasteiger partial charge in [-0.05, 0) is 31.2 Å². The van der Waals surface area contributed by atoms with Gasteiger partial charge in [0.1, 0.15) is 24.4 Å². The highest BCUT2D eigenvalue weighted by atomic mass is 35.5. The van der Waals surface area contributed by atoms with Gasteiger partial charge in [-0.3, -0.25) is 9.59 Å². The third-order valence-electron chi connectivity index (χ3n) is 3.27. The zero-order valence-corrected chi connectivity index (χ0v) is 14.6. The van der Waals surface area contributed by atoms with Gasteiger partial charge in [0.05, 0.1) is 5.69 Å². The van der Waals surface area contributed by atoms with E-state index in [1.165, 1.54) is 11.7 Å². The van der Waals surface area contributed by atoms with E-state index in [1.54, 1.807) is 42.2 Å². The lowest BCUT2D eigenvalue weighted by Gasteiger charge is -2.13. The Labute approximate surface area is 151 Å². The molecule has 0 saturated carbocycles. The summed E-state index contributed by atoms with van der Waals surface area (Å²) in [5.74, 6) is -0.796. The third kappa shape index (κ3) is 4.20. The number of halogens is 1. The number of carbonyl (C=O) groups is 2. The molecule has 10 heteroatoms. The average Bonchev–Trinajstić information content (AvgIpc) is 3.27. The molecule has 1 unspecified atom stereocenters. The molecule has 0 spiro atoms. The highest BCUT2D eigenvalue weighted by Crippen LogP contribution is 2.15. The van der Waals surface area contributed by atoms with Crippen LogP contribution in [0.15, 0.2) is 42.3 Å². The summed E-state index contributed by atoms with van der Waals surface area (Å²) in [5.41, 5.74) is 1.61. The number of benzene rings is 1. The number of hydrogen-bond acceptors (Lipinski definition) is 6. The molecule has 2 aromatic heterocycles. The van der Waals surface area contributed by atoms with E-state index in [1.807, 2.05) is 0 Å². The number of aromatic nitrogens is 4. The third-order valence-corrected chi connectivity index (χ3v) is 4.25. The predicted octanol–water partition coefficient (Wildman–Crippen LogP) is 2.13. The van der Waals surface area contributed by atoms with Crippen LogP contribution in [-0.2, 0) is 4.79 Å². The van der Waals surface area contributed by atoms with E-state index in [9.17, 15) is 9.59 Å². The van der Waals surface area contributed by atoms with Crippen molar-refractivity contribution in [3.05, 3.63) is 52.5 Å². The molecule has 25 heavy (non-hydrogen) atoms. The molecular formula is C15H13ClN6O2S. The Bertz CT molecular complexity index is 878. The number of thiazole rings is 1. The molecule has 1 atom stereocenters. The molecule has 3 rings (SSSR count). The van der Waals surface area contributed by atoms with Crippen LogP contribution in [0.1, 0.15) is 17.4 Å². The number of nitrogens with one attached hydrogen (secondary N) is 2. The molecule has 2 amide bonds. The van der Waals surface area contributed by atoms with Gasteiger partial charge in [0.2, 0.25) is 5.91 Å². The van der Waals surface area contributed by atoms with Crippen LogP contribution in [0.25, 0.3) is 5.69 Å². The SMILES string of the molecule is CC(NC(=O)c1csc(Cl)n1)C(=O)Nc1ccc(-n2cncn2)cc1. The molecule has 128 valence electrons. The molecule has 1 aromatic carbocycles. The second-order valence-corrected chi connectivity index (χ2v) is 6.50. The summed E-state index contributed by atoms with van der Waals surface area (Å²) in [6, 6.07) is 6.34. The van der Waals surface area contributed by atoms with Gasteiger partial charge >= 0.3 is 0 Å². The van der Waals surface area contributed by atoms with Crippen molar-refractivity contribution in [2.75, 3.05) is 5.32 Å². The predicted molar refractivity (Wildman–Crippen MR) is 94.0 cm³/mol. The Hall–Kier alpha value is -2.78. The molecule has 0 radical (unpaired) electrons. The van der Waals surface area contributed by atoms with Crippen LogP contribution < -0.4 is 10.6 Å². The van der Waals surface area contributed by atoms with Crippen molar-refractivity contribution in [1.82, 2.24) is 25.1 Å². The number of carbonyl (C=O) groups excluding carboxylic acids is 2. The first-order valence-corrected chi connectivity index (χ1v) is 8.46. The van der Waals surface area contributed by atoms with Gasteiger partial charge < -0.3 is 10.6 Å². The van der Waals surface area contributed by atoms with Crippen molar-refractivity contribution in [1.29, 1.82) is 0 Å². The average molecular weight is 377 g/mol. The Morgan fingerprint density at radius 3 is 2.64 bits per heavy atom. The standard InChI is InChI=1S/C15H13ClN6O2S/c1-9(19-14(24)12-6-25-15(16)21-12)13(23)20-10-2-4-11(5-3-10)22-8-17-7-18-22/h2-9H,1H3,(H,19,24)(H,20,23). The van der Waals surface area contributed by atoms with Crippen molar-refractivity contribution in [3.63, 3.8) is 0 Å². The Kier molecular flexibility index (Phi) is 5.05. The highest BCUT2D eigenvalue weighted by Gasteiger charge is 2.18. The summed E-state index contributed by atoms with van der Waals surface area (Å²) < 4.78 is 1.88. The van der Waals surface area contributed by atoms with Gasteiger partial charge in [0.15, 0.2) is 4.47 Å². The number of anilines is 1. The maximum atomic E-state index is 12.2. The number of nitrogens with zero attached hydrogens (tertiary/aromatic N) is 4. The first-order chi connectivity index (χ1) is 12.0. The van der Waals surface area contributed by atoms with Gasteiger partial charge in [0.25, 0.3) is 5.91 Å². The minimum Gasteiger partial charge on any atom is -0.339 e. The van der Waals surface area contributed by atoms with E-state index in [-0.39, 0.29) is 16.1 Å². The van der Waals surface area contributed by atoms with E-state index in [4.69, 9.17) is 11.6 Å². The van der Waals surface area contributed by atoms with Crippen LogP contribution in [-0.4, -0.2) is 37.6 Å². The zero-order valence-electron chi connectivity index (χ0n) is 13.0. The monoisotopic (exact) mass is 376 g/mol. The molecule has 8 nitrogen and oxygen atoms in total. The smallest absolute Gasteiger partial charge is 0.271 e. The van der Waals surface area contributed by atoms with Crippen LogP contribution in [0.4, 0.5) is 5.69 Å². The number of amides is 2. The molecule has 2 heterocycles. The highest BCUT2D eigenvalue weighted by molar-refractivity contribution is 7.14. The second kappa shape index (κ2) is 7.41. The van der Waals surface area contributed by atoms with Crippen molar-refractivity contribution in [2.45, 2.75) is 13.0 Å². The summed E-state index contributed by atoms with van der Waals surface area (Å²) in [6.07, 6.45) is 3.02. The fourth-order valence-electron chi connectivity index (χ4n) is 1.98. The summed E-state index contributed by atoms with van der Waals surface area (Å²) in [5, 5.41) is 10.9. The largest absolute Gasteiger partial charge is 0.339 e. The molecular weight excluding hydrogens is 364 g/mol. The fourth-order valence-corrected chi connectivity index (χ4v) is 2.73. The molecule has 0 saturated heterocycles. The van der Waals surface area contributed by atoms with E-state index in [0.29, 0.717) is 5.69 Å². The lowest BCUT2D eigenvalue weighted by molar-refractivity contribution is -0.117. The van der Waals surface area contributed by atoms with Crippen LogP contribution in [0.2, 0.25) is 4.47 Å². The zero-order chi connectivity index (χ0) is 17.8. The molecule has 0 aliphatic heterocycles. The van der Waals surface area contributed by atoms with Crippen molar-refractivity contribution >= 4 is 40.4 Å². The van der Waals surface area contributed by atoms with Gasteiger partial charge in [-0.25, -0.2) is 14.6 Å². The fraction of sp³-hybridized carbons (Fsp3) is 0.133. The van der Waals surface area contributed by atoms with Crippen molar-refractivity contribution < 1.29 is 9.59 Å². The quantitative estimate of drug-likeness (QED) is 0.710. The first kappa shape index (κ1) is 17.1. The lowest BCUT2D eigenvalue weighted by atomic mass is 10.2. The minimum absolute atomic E-state index is 0.187. The van der Waals surface area contributed by atoms with E-state index >= 15 is 0 Å². The minimum atomic E-state index is -0.733. The summed E-state index contributed by atoms with van der Waals surface area (Å²) in [7, 11) is 0. The number of rotatable bonds is 5. The summed E-state index contributed by atoms with van der Waals surface area (Å²) in [6.45, 7) is 1.59. The van der Waals surface area contributed by atoms with E-state index in [2.05, 4.69) is 25.7 Å². The van der Waals surface area contributed by atoms with Gasteiger partial charge in [-0.15, -0.1) is 11.3 Å². The number of hydrogen-bond donors (Lipinski definition) is 2. The van der Waals surface area contributed by atoms with Crippen LogP contribution in [0, 0.1) is 0 Å². The van der Waals surface area contributed by atoms with Crippen LogP contribution in [0.5, 0.6) is 0 Å². The summed E-state index contributed by atoms with van der Waals surface area (Å²) >= 11 is 6.85. The van der Waals surface area contributed by atoms with E-state index < -0.39 is 11.9 Å². The lowest BCUT2D eigenvalue weighted by Crippen LogP contribution is -2.41. The van der Waals surface area contributed by atoms with Gasteiger partial charge in [0, 0.05) is 11.1 Å². The molecule has 3 aromatic rings. The normalized spacial score (nSPS) is 11.8. The Morgan fingerprint density at radius 2 is 2.04 bits per heavy atom. The topological polar surface area (TPSA) is 102 Å². The first-order valence-electron chi connectivity index (χ1n) is 7.21. The molecule has 0 bridgehead atoms. The van der Waals surface area contributed by atoms with Gasteiger partial charge in [-0.1, -0.05) is 11.6 Å². The molecule has 0 aliphatic carbocycles. The van der Waals surface area contributed by atoms with Crippen LogP contribution >= 0.6 is 22.9 Å². The Balaban J connectivity index is 1.58. The van der Waals surface area contributed by atoms with Crippen LogP contribution in [0.3, 0.4) is 0 Å². The summed E-state index contributed by atoms with van der Waals surface area (Å²) in [4.78, 5) is 31.9. The van der Waals surface area contributed by atoms with E-state index in [0.717, 1.165) is 17.0 Å².